The van der Waals surface area contributed by atoms with Crippen molar-refractivity contribution in [2.75, 3.05) is 4.90 Å². The van der Waals surface area contributed by atoms with Gasteiger partial charge >= 0.3 is 0 Å². The fraction of sp³-hybridized carbons (Fsp3) is 0.278. The zero-order valence-electron chi connectivity index (χ0n) is 13.8. The van der Waals surface area contributed by atoms with Gasteiger partial charge in [0.2, 0.25) is 17.6 Å². The molecule has 4 rings (SSSR count). The summed E-state index contributed by atoms with van der Waals surface area (Å²) in [6.07, 6.45) is 0.679. The maximum absolute atomic E-state index is 11.8. The third-order valence-corrected chi connectivity index (χ3v) is 5.45. The molecule has 3 aromatic rings. The van der Waals surface area contributed by atoms with Gasteiger partial charge in [0.1, 0.15) is 0 Å². The predicted octanol–water partition coefficient (Wildman–Crippen LogP) is 3.17. The zero-order chi connectivity index (χ0) is 17.4. The Morgan fingerprint density at radius 3 is 2.96 bits per heavy atom. The fourth-order valence-electron chi connectivity index (χ4n) is 3.36. The number of aromatic nitrogens is 2. The van der Waals surface area contributed by atoms with E-state index in [1.165, 1.54) is 0 Å². The van der Waals surface area contributed by atoms with E-state index in [9.17, 15) is 4.79 Å². The van der Waals surface area contributed by atoms with Crippen LogP contribution in [0.25, 0.3) is 10.7 Å². The van der Waals surface area contributed by atoms with Crippen molar-refractivity contribution < 1.29 is 9.32 Å². The molecule has 1 aliphatic heterocycles. The summed E-state index contributed by atoms with van der Waals surface area (Å²) in [4.78, 5) is 19.5. The van der Waals surface area contributed by atoms with Crippen LogP contribution < -0.4 is 10.6 Å². The van der Waals surface area contributed by atoms with Gasteiger partial charge in [0.05, 0.1) is 17.3 Å². The highest BCUT2D eigenvalue weighted by molar-refractivity contribution is 7.13. The van der Waals surface area contributed by atoms with Crippen molar-refractivity contribution in [2.24, 2.45) is 5.73 Å². The molecule has 0 aliphatic carbocycles. The van der Waals surface area contributed by atoms with Crippen LogP contribution in [0.15, 0.2) is 46.3 Å². The Bertz CT molecular complexity index is 890. The number of fused-ring (bicyclic) bond motifs is 1. The number of primary amides is 1. The maximum atomic E-state index is 11.8. The van der Waals surface area contributed by atoms with E-state index in [2.05, 4.69) is 22.0 Å². The Hall–Kier alpha value is -2.67. The van der Waals surface area contributed by atoms with Crippen molar-refractivity contribution in [2.45, 2.75) is 31.8 Å². The average molecular weight is 354 g/mol. The number of amides is 1. The summed E-state index contributed by atoms with van der Waals surface area (Å²) < 4.78 is 5.44. The van der Waals surface area contributed by atoms with Gasteiger partial charge in [0.25, 0.3) is 0 Å². The first-order valence-electron chi connectivity index (χ1n) is 8.15. The first-order valence-corrected chi connectivity index (χ1v) is 9.03. The van der Waals surface area contributed by atoms with Gasteiger partial charge in [0.15, 0.2) is 0 Å². The maximum Gasteiger partial charge on any atom is 0.246 e. The molecule has 2 N–H and O–H groups in total. The molecule has 25 heavy (non-hydrogen) atoms. The highest BCUT2D eigenvalue weighted by atomic mass is 32.1. The van der Waals surface area contributed by atoms with Crippen molar-refractivity contribution in [1.82, 2.24) is 10.1 Å². The minimum Gasteiger partial charge on any atom is -0.369 e. The lowest BCUT2D eigenvalue weighted by atomic mass is 9.85. The number of benzene rings is 1. The van der Waals surface area contributed by atoms with E-state index < -0.39 is 0 Å². The van der Waals surface area contributed by atoms with Crippen LogP contribution in [0.3, 0.4) is 0 Å². The molecule has 1 amide bonds. The monoisotopic (exact) mass is 354 g/mol. The number of hydrogen-bond donors (Lipinski definition) is 1. The SMILES string of the molecule is C[C@H]1C[C@H](C(N)=O)c2ccccc2N1Cc1nc(-c2cccs2)no1. The summed E-state index contributed by atoms with van der Waals surface area (Å²) in [6.45, 7) is 2.59. The molecule has 0 saturated heterocycles. The summed E-state index contributed by atoms with van der Waals surface area (Å²) in [7, 11) is 0. The molecule has 128 valence electrons. The number of anilines is 1. The van der Waals surface area contributed by atoms with Crippen molar-refractivity contribution in [1.29, 1.82) is 0 Å². The normalized spacial score (nSPS) is 19.6. The minimum absolute atomic E-state index is 0.143. The van der Waals surface area contributed by atoms with Crippen LogP contribution >= 0.6 is 11.3 Å². The van der Waals surface area contributed by atoms with E-state index in [1.54, 1.807) is 11.3 Å². The molecule has 1 aliphatic rings. The molecule has 0 fully saturated rings. The number of thiophene rings is 1. The van der Waals surface area contributed by atoms with E-state index in [4.69, 9.17) is 10.3 Å². The predicted molar refractivity (Wildman–Crippen MR) is 96.3 cm³/mol. The van der Waals surface area contributed by atoms with Crippen molar-refractivity contribution >= 4 is 22.9 Å². The number of carbonyl (C=O) groups is 1. The molecule has 2 atom stereocenters. The largest absolute Gasteiger partial charge is 0.369 e. The highest BCUT2D eigenvalue weighted by Crippen LogP contribution is 2.39. The van der Waals surface area contributed by atoms with E-state index >= 15 is 0 Å². The van der Waals surface area contributed by atoms with Crippen molar-refractivity contribution in [3.8, 4) is 10.7 Å². The second kappa shape index (κ2) is 6.33. The van der Waals surface area contributed by atoms with Gasteiger partial charge in [0, 0.05) is 11.7 Å². The van der Waals surface area contributed by atoms with Crippen LogP contribution in [-0.4, -0.2) is 22.1 Å². The molecule has 0 bridgehead atoms. The number of rotatable bonds is 4. The zero-order valence-corrected chi connectivity index (χ0v) is 14.6. The van der Waals surface area contributed by atoms with Gasteiger partial charge in [-0.05, 0) is 36.4 Å². The van der Waals surface area contributed by atoms with Gasteiger partial charge in [-0.1, -0.05) is 29.4 Å². The van der Waals surface area contributed by atoms with E-state index in [0.29, 0.717) is 24.7 Å². The summed E-state index contributed by atoms with van der Waals surface area (Å²) in [6, 6.07) is 12.0. The second-order valence-corrected chi connectivity index (χ2v) is 7.16. The summed E-state index contributed by atoms with van der Waals surface area (Å²) in [5.41, 5.74) is 7.57. The smallest absolute Gasteiger partial charge is 0.246 e. The van der Waals surface area contributed by atoms with Gasteiger partial charge in [-0.2, -0.15) is 4.98 Å². The first-order chi connectivity index (χ1) is 12.1. The molecular formula is C18H18N4O2S. The van der Waals surface area contributed by atoms with Crippen LogP contribution in [0, 0.1) is 0 Å². The van der Waals surface area contributed by atoms with Crippen molar-refractivity contribution in [3.05, 3.63) is 53.2 Å². The molecule has 3 heterocycles. The summed E-state index contributed by atoms with van der Waals surface area (Å²) in [5, 5.41) is 6.06. The van der Waals surface area contributed by atoms with Gasteiger partial charge < -0.3 is 15.2 Å². The quantitative estimate of drug-likeness (QED) is 0.778. The van der Waals surface area contributed by atoms with Crippen molar-refractivity contribution in [3.63, 3.8) is 0 Å². The van der Waals surface area contributed by atoms with Crippen LogP contribution in [-0.2, 0) is 11.3 Å². The second-order valence-electron chi connectivity index (χ2n) is 6.22. The third-order valence-electron chi connectivity index (χ3n) is 4.59. The fourth-order valence-corrected chi connectivity index (χ4v) is 4.01. The lowest BCUT2D eigenvalue weighted by molar-refractivity contribution is -0.119. The first kappa shape index (κ1) is 15.8. The lowest BCUT2D eigenvalue weighted by Gasteiger charge is -2.39. The molecule has 0 saturated carbocycles. The molecule has 7 heteroatoms. The third kappa shape index (κ3) is 2.91. The minimum atomic E-state index is -0.281. The Morgan fingerprint density at radius 1 is 1.36 bits per heavy atom. The Kier molecular flexibility index (Phi) is 4.01. The van der Waals surface area contributed by atoms with Crippen LogP contribution in [0.1, 0.15) is 30.7 Å². The van der Waals surface area contributed by atoms with Crippen LogP contribution in [0.5, 0.6) is 0 Å². The van der Waals surface area contributed by atoms with E-state index in [0.717, 1.165) is 16.1 Å². The Labute approximate surface area is 149 Å². The number of carbonyl (C=O) groups excluding carboxylic acids is 1. The molecule has 2 aromatic heterocycles. The van der Waals surface area contributed by atoms with Gasteiger partial charge in [-0.15, -0.1) is 11.3 Å². The lowest BCUT2D eigenvalue weighted by Crippen LogP contribution is -2.41. The van der Waals surface area contributed by atoms with Crippen LogP contribution in [0.4, 0.5) is 5.69 Å². The van der Waals surface area contributed by atoms with Crippen LogP contribution in [0.2, 0.25) is 0 Å². The number of nitrogens with zero attached hydrogens (tertiary/aromatic N) is 3. The van der Waals surface area contributed by atoms with Gasteiger partial charge in [-0.3, -0.25) is 4.79 Å². The number of hydrogen-bond acceptors (Lipinski definition) is 6. The average Bonchev–Trinajstić information content (AvgIpc) is 3.28. The molecule has 0 radical (unpaired) electrons. The Morgan fingerprint density at radius 2 is 2.20 bits per heavy atom. The standard InChI is InChI=1S/C18H18N4O2S/c1-11-9-13(17(19)23)12-5-2-3-6-14(12)22(11)10-16-20-18(21-24-16)15-7-4-8-25-15/h2-8,11,13H,9-10H2,1H3,(H2,19,23)/t11-,13-/m0/s1. The number of nitrogens with two attached hydrogens (primary N) is 1. The summed E-state index contributed by atoms with van der Waals surface area (Å²) in [5.74, 6) is 0.629. The molecule has 6 nitrogen and oxygen atoms in total. The molecule has 1 aromatic carbocycles. The molecular weight excluding hydrogens is 336 g/mol. The van der Waals surface area contributed by atoms with E-state index in [1.807, 2.05) is 41.8 Å². The Balaban J connectivity index is 1.64. The van der Waals surface area contributed by atoms with Gasteiger partial charge in [-0.25, -0.2) is 0 Å². The molecule has 0 unspecified atom stereocenters. The highest BCUT2D eigenvalue weighted by Gasteiger charge is 2.33. The summed E-state index contributed by atoms with van der Waals surface area (Å²) >= 11 is 1.58. The molecule has 0 spiro atoms. The topological polar surface area (TPSA) is 85.3 Å². The van der Waals surface area contributed by atoms with E-state index in [-0.39, 0.29) is 17.9 Å². The number of para-hydroxylation sites is 1.